The summed E-state index contributed by atoms with van der Waals surface area (Å²) in [6.45, 7) is 3.73. The molecule has 0 fully saturated rings. The molecule has 0 saturated heterocycles. The van der Waals surface area contributed by atoms with Gasteiger partial charge in [0.05, 0.1) is 37.7 Å². The van der Waals surface area contributed by atoms with Gasteiger partial charge in [0.1, 0.15) is 11.8 Å². The smallest absolute Gasteiger partial charge is 0.406 e. The van der Waals surface area contributed by atoms with E-state index in [1.165, 1.54) is 14.2 Å². The van der Waals surface area contributed by atoms with Crippen molar-refractivity contribution >= 4 is 23.9 Å². The summed E-state index contributed by atoms with van der Waals surface area (Å²) in [5, 5.41) is 17.5. The fraction of sp³-hybridized carbons (Fsp3) is 0.409. The van der Waals surface area contributed by atoms with Gasteiger partial charge in [-0.3, -0.25) is 4.79 Å². The van der Waals surface area contributed by atoms with Crippen molar-refractivity contribution in [3.63, 3.8) is 0 Å². The molecule has 2 rings (SSSR count). The lowest BCUT2D eigenvalue weighted by Gasteiger charge is -2.18. The topological polar surface area (TPSA) is 152 Å². The first-order valence-corrected chi connectivity index (χ1v) is 10.3. The second-order valence-corrected chi connectivity index (χ2v) is 7.21. The second-order valence-electron chi connectivity index (χ2n) is 7.21. The van der Waals surface area contributed by atoms with E-state index in [0.29, 0.717) is 23.9 Å². The van der Waals surface area contributed by atoms with Crippen molar-refractivity contribution in [1.29, 1.82) is 0 Å². The summed E-state index contributed by atoms with van der Waals surface area (Å²) in [7, 11) is 2.37. The fourth-order valence-corrected chi connectivity index (χ4v) is 3.15. The number of phenols is 1. The number of ether oxygens (including phenoxy) is 2. The molecule has 33 heavy (non-hydrogen) atoms. The number of aromatic hydroxyl groups is 1. The minimum atomic E-state index is -1.12. The third-order valence-electron chi connectivity index (χ3n) is 4.76. The van der Waals surface area contributed by atoms with E-state index < -0.39 is 24.0 Å². The molecule has 0 radical (unpaired) electrons. The molecule has 178 valence electrons. The zero-order chi connectivity index (χ0) is 24.4. The van der Waals surface area contributed by atoms with Gasteiger partial charge in [0.2, 0.25) is 5.95 Å². The Morgan fingerprint density at radius 2 is 1.79 bits per heavy atom. The van der Waals surface area contributed by atoms with Crippen molar-refractivity contribution in [2.75, 3.05) is 32.6 Å². The Balaban J connectivity index is 1.99. The molecular formula is C22H29N5O6. The van der Waals surface area contributed by atoms with E-state index >= 15 is 0 Å². The zero-order valence-electron chi connectivity index (χ0n) is 19.1. The number of amides is 2. The third kappa shape index (κ3) is 7.63. The SMILES string of the molecule is COC(=O)NC[C@H](NC(=O)c1c(C)nc(NCCCc2cccc(O)c2)nc1C)C(=O)OC. The lowest BCUT2D eigenvalue weighted by atomic mass is 10.1. The predicted molar refractivity (Wildman–Crippen MR) is 120 cm³/mol. The molecule has 0 aliphatic rings. The van der Waals surface area contributed by atoms with Gasteiger partial charge in [0.15, 0.2) is 0 Å². The van der Waals surface area contributed by atoms with Crippen LogP contribution >= 0.6 is 0 Å². The van der Waals surface area contributed by atoms with Crippen LogP contribution in [0.2, 0.25) is 0 Å². The van der Waals surface area contributed by atoms with Crippen LogP contribution in [0.25, 0.3) is 0 Å². The Hall–Kier alpha value is -3.89. The van der Waals surface area contributed by atoms with Gasteiger partial charge in [-0.25, -0.2) is 19.6 Å². The number of aromatic nitrogens is 2. The maximum absolute atomic E-state index is 12.8. The quantitative estimate of drug-likeness (QED) is 0.306. The average molecular weight is 460 g/mol. The minimum absolute atomic E-state index is 0.205. The van der Waals surface area contributed by atoms with Crippen LogP contribution in [0.1, 0.15) is 33.7 Å². The minimum Gasteiger partial charge on any atom is -0.508 e. The van der Waals surface area contributed by atoms with Gasteiger partial charge >= 0.3 is 12.1 Å². The molecule has 11 nitrogen and oxygen atoms in total. The standard InChI is InChI=1S/C22H29N5O6/c1-13-18(19(29)27-17(20(30)32-3)12-24-22(31)33-4)14(2)26-21(25-13)23-10-6-8-15-7-5-9-16(28)11-15/h5,7,9,11,17,28H,6,8,10,12H2,1-4H3,(H,24,31)(H,27,29)(H,23,25,26)/t17-/m0/s1. The maximum Gasteiger partial charge on any atom is 0.406 e. The van der Waals surface area contributed by atoms with Crippen molar-refractivity contribution in [3.05, 3.63) is 46.8 Å². The van der Waals surface area contributed by atoms with Gasteiger partial charge in [-0.2, -0.15) is 0 Å². The molecule has 0 aliphatic heterocycles. The lowest BCUT2D eigenvalue weighted by Crippen LogP contribution is -2.49. The van der Waals surface area contributed by atoms with Crippen LogP contribution in [-0.4, -0.2) is 66.4 Å². The van der Waals surface area contributed by atoms with Gasteiger partial charge in [0, 0.05) is 6.54 Å². The molecule has 1 aromatic carbocycles. The first-order valence-electron chi connectivity index (χ1n) is 10.3. The second kappa shape index (κ2) is 12.2. The molecule has 0 unspecified atom stereocenters. The van der Waals surface area contributed by atoms with Crippen molar-refractivity contribution in [1.82, 2.24) is 20.6 Å². The van der Waals surface area contributed by atoms with Crippen LogP contribution in [0.3, 0.4) is 0 Å². The molecule has 0 aliphatic carbocycles. The van der Waals surface area contributed by atoms with E-state index in [0.717, 1.165) is 18.4 Å². The number of nitrogens with zero attached hydrogens (tertiary/aromatic N) is 2. The number of rotatable bonds is 10. The third-order valence-corrected chi connectivity index (χ3v) is 4.76. The highest BCUT2D eigenvalue weighted by molar-refractivity contribution is 5.98. The number of hydrogen-bond acceptors (Lipinski definition) is 9. The number of nitrogens with one attached hydrogen (secondary N) is 3. The first-order chi connectivity index (χ1) is 15.7. The molecule has 4 N–H and O–H groups in total. The van der Waals surface area contributed by atoms with Crippen LogP contribution in [0, 0.1) is 13.8 Å². The number of hydrogen-bond donors (Lipinski definition) is 4. The number of carbonyl (C=O) groups excluding carboxylic acids is 3. The fourth-order valence-electron chi connectivity index (χ4n) is 3.15. The van der Waals surface area contributed by atoms with Crippen LogP contribution in [-0.2, 0) is 20.7 Å². The van der Waals surface area contributed by atoms with Gasteiger partial charge < -0.3 is 30.5 Å². The van der Waals surface area contributed by atoms with E-state index in [9.17, 15) is 19.5 Å². The van der Waals surface area contributed by atoms with Crippen LogP contribution in [0.4, 0.5) is 10.7 Å². The number of methoxy groups -OCH3 is 2. The van der Waals surface area contributed by atoms with Crippen molar-refractivity contribution in [2.45, 2.75) is 32.7 Å². The normalized spacial score (nSPS) is 11.3. The van der Waals surface area contributed by atoms with Gasteiger partial charge in [-0.05, 0) is 44.4 Å². The summed E-state index contributed by atoms with van der Waals surface area (Å²) in [6, 6.07) is 5.98. The summed E-state index contributed by atoms with van der Waals surface area (Å²) in [4.78, 5) is 44.8. The molecule has 1 atom stereocenters. The number of anilines is 1. The van der Waals surface area contributed by atoms with E-state index in [-0.39, 0.29) is 17.9 Å². The Morgan fingerprint density at radius 1 is 1.09 bits per heavy atom. The number of phenolic OH excluding ortho intramolecular Hbond substituents is 1. The summed E-state index contributed by atoms with van der Waals surface area (Å²) in [6.07, 6.45) is 0.823. The van der Waals surface area contributed by atoms with Crippen molar-refractivity contribution in [3.8, 4) is 5.75 Å². The summed E-state index contributed by atoms with van der Waals surface area (Å²) in [5.41, 5.74) is 2.12. The van der Waals surface area contributed by atoms with Crippen LogP contribution in [0.5, 0.6) is 5.75 Å². The van der Waals surface area contributed by atoms with Gasteiger partial charge in [-0.1, -0.05) is 12.1 Å². The van der Waals surface area contributed by atoms with E-state index in [1.54, 1.807) is 32.0 Å². The van der Waals surface area contributed by atoms with Crippen LogP contribution in [0.15, 0.2) is 24.3 Å². The van der Waals surface area contributed by atoms with E-state index in [4.69, 9.17) is 0 Å². The number of benzene rings is 1. The molecule has 1 heterocycles. The van der Waals surface area contributed by atoms with E-state index in [1.807, 2.05) is 6.07 Å². The summed E-state index contributed by atoms with van der Waals surface area (Å²) < 4.78 is 9.16. The molecule has 2 amide bonds. The maximum atomic E-state index is 12.8. The van der Waals surface area contributed by atoms with Crippen molar-refractivity contribution in [2.24, 2.45) is 0 Å². The molecule has 2 aromatic rings. The number of esters is 1. The zero-order valence-corrected chi connectivity index (χ0v) is 19.1. The highest BCUT2D eigenvalue weighted by Gasteiger charge is 2.25. The lowest BCUT2D eigenvalue weighted by molar-refractivity contribution is -0.142. The molecular weight excluding hydrogens is 430 g/mol. The Kier molecular flexibility index (Phi) is 9.40. The van der Waals surface area contributed by atoms with Crippen LogP contribution < -0.4 is 16.0 Å². The summed E-state index contributed by atoms with van der Waals surface area (Å²) in [5.74, 6) is -0.669. The monoisotopic (exact) mass is 459 g/mol. The molecule has 1 aromatic heterocycles. The van der Waals surface area contributed by atoms with E-state index in [2.05, 4.69) is 35.4 Å². The van der Waals surface area contributed by atoms with Crippen molar-refractivity contribution < 1.29 is 29.0 Å². The number of aryl methyl sites for hydroxylation is 3. The average Bonchev–Trinajstić information content (AvgIpc) is 2.78. The number of carbonyl (C=O) groups is 3. The Morgan fingerprint density at radius 3 is 2.39 bits per heavy atom. The Labute approximate surface area is 191 Å². The molecule has 0 bridgehead atoms. The Bertz CT molecular complexity index is 974. The van der Waals surface area contributed by atoms with Gasteiger partial charge in [0.25, 0.3) is 5.91 Å². The largest absolute Gasteiger partial charge is 0.508 e. The highest BCUT2D eigenvalue weighted by atomic mass is 16.5. The highest BCUT2D eigenvalue weighted by Crippen LogP contribution is 2.15. The van der Waals surface area contributed by atoms with Gasteiger partial charge in [-0.15, -0.1) is 0 Å². The summed E-state index contributed by atoms with van der Waals surface area (Å²) >= 11 is 0. The molecule has 0 saturated carbocycles. The first kappa shape index (κ1) is 25.4. The molecule has 0 spiro atoms. The predicted octanol–water partition coefficient (Wildman–Crippen LogP) is 1.47. The number of alkyl carbamates (subject to hydrolysis) is 1. The molecule has 11 heteroatoms.